The predicted octanol–water partition coefficient (Wildman–Crippen LogP) is 2.60. The van der Waals surface area contributed by atoms with Crippen LogP contribution in [0, 0.1) is 11.2 Å². The highest BCUT2D eigenvalue weighted by atomic mass is 19.1. The van der Waals surface area contributed by atoms with Crippen LogP contribution in [-0.4, -0.2) is 48.2 Å². The third kappa shape index (κ3) is 9.43. The number of hydrogen-bond acceptors (Lipinski definition) is 6. The summed E-state index contributed by atoms with van der Waals surface area (Å²) in [7, 11) is 0. The van der Waals surface area contributed by atoms with E-state index in [0.717, 1.165) is 0 Å². The first-order chi connectivity index (χ1) is 13.6. The number of nitrogens with one attached hydrogen (secondary N) is 2. The summed E-state index contributed by atoms with van der Waals surface area (Å²) in [6, 6.07) is 4.68. The van der Waals surface area contributed by atoms with Crippen LogP contribution >= 0.6 is 0 Å². The van der Waals surface area contributed by atoms with Gasteiger partial charge < -0.3 is 20.2 Å². The molecule has 29 heavy (non-hydrogen) atoms. The van der Waals surface area contributed by atoms with Gasteiger partial charge in [0.25, 0.3) is 0 Å². The zero-order valence-electron chi connectivity index (χ0n) is 17.2. The normalized spacial score (nSPS) is 13.1. The van der Waals surface area contributed by atoms with E-state index in [1.165, 1.54) is 12.1 Å². The fourth-order valence-electron chi connectivity index (χ4n) is 2.55. The van der Waals surface area contributed by atoms with Crippen LogP contribution in [0.15, 0.2) is 24.3 Å². The third-order valence-electron chi connectivity index (χ3n) is 3.86. The molecule has 1 aromatic rings. The Bertz CT molecular complexity index is 704. The Kier molecular flexibility index (Phi) is 10.2. The predicted molar refractivity (Wildman–Crippen MR) is 106 cm³/mol. The Balaban J connectivity index is 2.92. The Morgan fingerprint density at radius 1 is 1.10 bits per heavy atom. The summed E-state index contributed by atoms with van der Waals surface area (Å²) in [5.74, 6) is -2.03. The molecule has 1 rings (SSSR count). The zero-order valence-corrected chi connectivity index (χ0v) is 17.2. The van der Waals surface area contributed by atoms with E-state index in [1.807, 2.05) is 0 Å². The number of hydrogen-bond donors (Lipinski definition) is 2. The number of benzene rings is 1. The van der Waals surface area contributed by atoms with Gasteiger partial charge in [-0.15, -0.1) is 0 Å². The molecule has 0 saturated carbocycles. The highest BCUT2D eigenvalue weighted by Gasteiger charge is 2.28. The monoisotopic (exact) mass is 408 g/mol. The Morgan fingerprint density at radius 3 is 2.24 bits per heavy atom. The molecule has 0 spiro atoms. The van der Waals surface area contributed by atoms with Crippen LogP contribution in [0.2, 0.25) is 0 Å². The fourth-order valence-corrected chi connectivity index (χ4v) is 2.55. The first-order valence-corrected chi connectivity index (χ1v) is 9.56. The molecular weight excluding hydrogens is 379 g/mol. The van der Waals surface area contributed by atoms with Crippen molar-refractivity contribution in [3.8, 4) is 0 Å². The third-order valence-corrected chi connectivity index (χ3v) is 3.86. The minimum Gasteiger partial charge on any atom is -0.461 e. The summed E-state index contributed by atoms with van der Waals surface area (Å²) in [5.41, 5.74) is 0.701. The molecule has 0 fully saturated rings. The van der Waals surface area contributed by atoms with E-state index >= 15 is 0 Å². The Hall–Kier alpha value is -2.61. The number of halogens is 1. The van der Waals surface area contributed by atoms with E-state index in [9.17, 15) is 18.8 Å². The van der Waals surface area contributed by atoms with Crippen molar-refractivity contribution in [1.29, 1.82) is 5.41 Å². The van der Waals surface area contributed by atoms with Gasteiger partial charge >= 0.3 is 5.97 Å². The maximum Gasteiger partial charge on any atom is 0.328 e. The van der Waals surface area contributed by atoms with Crippen LogP contribution in [0.25, 0.3) is 0 Å². The molecule has 7 nitrogen and oxygen atoms in total. The number of amides is 1. The van der Waals surface area contributed by atoms with E-state index in [4.69, 9.17) is 14.9 Å². The molecule has 0 aromatic heterocycles. The summed E-state index contributed by atoms with van der Waals surface area (Å²) in [6.45, 7) is 6.91. The van der Waals surface area contributed by atoms with Gasteiger partial charge in [0.15, 0.2) is 5.78 Å². The van der Waals surface area contributed by atoms with Crippen molar-refractivity contribution in [2.45, 2.75) is 71.3 Å². The second kappa shape index (κ2) is 12.1. The van der Waals surface area contributed by atoms with Crippen molar-refractivity contribution in [2.24, 2.45) is 0 Å². The number of esters is 1. The van der Waals surface area contributed by atoms with Gasteiger partial charge in [-0.25, -0.2) is 9.18 Å². The zero-order chi connectivity index (χ0) is 22.0. The largest absolute Gasteiger partial charge is 0.461 e. The van der Waals surface area contributed by atoms with Gasteiger partial charge in [0.2, 0.25) is 5.91 Å². The molecule has 0 radical (unpaired) electrons. The number of ether oxygens (including phenoxy) is 2. The van der Waals surface area contributed by atoms with E-state index in [-0.39, 0.29) is 37.3 Å². The number of rotatable bonds is 12. The highest BCUT2D eigenvalue weighted by molar-refractivity contribution is 6.26. The standard InChI is InChI=1S/C21H29FN2O5/c1-13(2)28-19(11-15-5-7-16(22)8-6-15)20(26)24-18(10-9-17(25)12-23)21(27)29-14(3)4/h5-8,12-14,18-19,23H,9-11H2,1-4H3,(H,24,26)/t18-,19-/m0/s1. The van der Waals surface area contributed by atoms with Gasteiger partial charge in [0.1, 0.15) is 18.0 Å². The SMILES string of the molecule is CC(C)OC(=O)[C@H](CCC(=O)C=N)NC(=O)[C@H](Cc1ccc(F)cc1)OC(C)C. The molecule has 8 heteroatoms. The van der Waals surface area contributed by atoms with Gasteiger partial charge in [-0.1, -0.05) is 12.1 Å². The molecule has 2 N–H and O–H groups in total. The Morgan fingerprint density at radius 2 is 1.72 bits per heavy atom. The lowest BCUT2D eigenvalue weighted by Crippen LogP contribution is -2.48. The molecule has 2 atom stereocenters. The minimum absolute atomic E-state index is 0.0104. The van der Waals surface area contributed by atoms with Crippen molar-refractivity contribution >= 4 is 23.9 Å². The smallest absolute Gasteiger partial charge is 0.328 e. The molecule has 0 aliphatic heterocycles. The quantitative estimate of drug-likeness (QED) is 0.408. The molecular formula is C21H29FN2O5. The van der Waals surface area contributed by atoms with Gasteiger partial charge in [-0.2, -0.15) is 0 Å². The van der Waals surface area contributed by atoms with Crippen LogP contribution < -0.4 is 5.32 Å². The van der Waals surface area contributed by atoms with Crippen molar-refractivity contribution in [1.82, 2.24) is 5.32 Å². The van der Waals surface area contributed by atoms with Crippen LogP contribution in [0.1, 0.15) is 46.1 Å². The lowest BCUT2D eigenvalue weighted by Gasteiger charge is -2.24. The molecule has 0 heterocycles. The number of ketones is 1. The van der Waals surface area contributed by atoms with Crippen molar-refractivity contribution < 1.29 is 28.2 Å². The summed E-state index contributed by atoms with van der Waals surface area (Å²) in [4.78, 5) is 36.6. The first kappa shape index (κ1) is 24.4. The summed E-state index contributed by atoms with van der Waals surface area (Å²) >= 11 is 0. The van der Waals surface area contributed by atoms with Gasteiger partial charge in [-0.05, 0) is 51.8 Å². The lowest BCUT2D eigenvalue weighted by atomic mass is 10.1. The molecule has 1 aromatic carbocycles. The van der Waals surface area contributed by atoms with Gasteiger partial charge in [0, 0.05) is 12.8 Å². The van der Waals surface area contributed by atoms with E-state index in [1.54, 1.807) is 39.8 Å². The summed E-state index contributed by atoms with van der Waals surface area (Å²) in [6.07, 6.45) is -0.755. The number of Topliss-reactive ketones (excluding diaryl/α,β-unsaturated/α-hetero) is 1. The maximum atomic E-state index is 13.1. The van der Waals surface area contributed by atoms with Crippen LogP contribution in [0.5, 0.6) is 0 Å². The number of carbonyl (C=O) groups is 3. The van der Waals surface area contributed by atoms with Crippen LogP contribution in [0.3, 0.4) is 0 Å². The topological polar surface area (TPSA) is 106 Å². The second-order valence-electron chi connectivity index (χ2n) is 7.20. The second-order valence-corrected chi connectivity index (χ2v) is 7.20. The molecule has 0 bridgehead atoms. The fraction of sp³-hybridized carbons (Fsp3) is 0.524. The van der Waals surface area contributed by atoms with Gasteiger partial charge in [-0.3, -0.25) is 9.59 Å². The molecule has 0 unspecified atom stereocenters. The highest BCUT2D eigenvalue weighted by Crippen LogP contribution is 2.12. The summed E-state index contributed by atoms with van der Waals surface area (Å²) < 4.78 is 24.0. The molecule has 0 saturated heterocycles. The van der Waals surface area contributed by atoms with Crippen molar-refractivity contribution in [3.63, 3.8) is 0 Å². The van der Waals surface area contributed by atoms with E-state index < -0.39 is 29.8 Å². The van der Waals surface area contributed by atoms with Crippen LogP contribution in [0.4, 0.5) is 4.39 Å². The van der Waals surface area contributed by atoms with Crippen molar-refractivity contribution in [2.75, 3.05) is 0 Å². The van der Waals surface area contributed by atoms with E-state index in [0.29, 0.717) is 11.8 Å². The minimum atomic E-state index is -1.04. The molecule has 1 amide bonds. The molecule has 160 valence electrons. The number of carbonyl (C=O) groups excluding carboxylic acids is 3. The lowest BCUT2D eigenvalue weighted by molar-refractivity contribution is -0.153. The summed E-state index contributed by atoms with van der Waals surface area (Å²) in [5, 5.41) is 9.57. The average molecular weight is 408 g/mol. The Labute approximate surface area is 170 Å². The van der Waals surface area contributed by atoms with E-state index in [2.05, 4.69) is 5.32 Å². The first-order valence-electron chi connectivity index (χ1n) is 9.56. The molecule has 0 aliphatic rings. The van der Waals surface area contributed by atoms with Crippen molar-refractivity contribution in [3.05, 3.63) is 35.6 Å². The van der Waals surface area contributed by atoms with Gasteiger partial charge in [0.05, 0.1) is 18.4 Å². The molecule has 0 aliphatic carbocycles. The van der Waals surface area contributed by atoms with Crippen LogP contribution in [-0.2, 0) is 30.3 Å². The maximum absolute atomic E-state index is 13.1. The average Bonchev–Trinajstić information content (AvgIpc) is 2.64.